The normalized spacial score (nSPS) is 10.9. The Hall–Kier alpha value is -2.49. The first-order valence-electron chi connectivity index (χ1n) is 5.55. The van der Waals surface area contributed by atoms with Crippen LogP contribution in [0.5, 0.6) is 0 Å². The Balaban J connectivity index is 2.49. The number of benzene rings is 2. The molecule has 2 aromatic carbocycles. The number of carboxylic acid groups (broad SMARTS) is 1. The fourth-order valence-corrected chi connectivity index (χ4v) is 2.03. The summed E-state index contributed by atoms with van der Waals surface area (Å²) in [7, 11) is 0. The number of rotatable bonds is 1. The van der Waals surface area contributed by atoms with Crippen LogP contribution >= 0.6 is 0 Å². The van der Waals surface area contributed by atoms with Crippen LogP contribution in [0.1, 0.15) is 15.9 Å². The van der Waals surface area contributed by atoms with Crippen molar-refractivity contribution in [3.05, 3.63) is 47.5 Å². The fourth-order valence-electron chi connectivity index (χ4n) is 2.03. The fraction of sp³-hybridized carbons (Fsp3) is 0.0714. The Morgan fingerprint density at radius 2 is 1.72 bits per heavy atom. The largest absolute Gasteiger partial charge is 0.478 e. The molecule has 0 bridgehead atoms. The first-order chi connectivity index (χ1) is 8.65. The zero-order valence-electron chi connectivity index (χ0n) is 9.71. The number of aromatic nitrogens is 2. The molecule has 1 N–H and O–H groups in total. The number of para-hydroxylation sites is 2. The Kier molecular flexibility index (Phi) is 2.23. The summed E-state index contributed by atoms with van der Waals surface area (Å²) in [5, 5.41) is 9.21. The number of carbonyl (C=O) groups is 1. The summed E-state index contributed by atoms with van der Waals surface area (Å²) < 4.78 is 0. The molecule has 0 fully saturated rings. The van der Waals surface area contributed by atoms with Crippen LogP contribution in [0, 0.1) is 6.92 Å². The third kappa shape index (κ3) is 1.59. The van der Waals surface area contributed by atoms with Crippen molar-refractivity contribution in [2.45, 2.75) is 6.92 Å². The van der Waals surface area contributed by atoms with Crippen molar-refractivity contribution in [1.29, 1.82) is 0 Å². The molecule has 18 heavy (non-hydrogen) atoms. The molecule has 3 aromatic rings. The van der Waals surface area contributed by atoms with Gasteiger partial charge in [-0.05, 0) is 36.8 Å². The standard InChI is InChI=1S/C14H10N2O2/c1-8-6-9(14(17)18)13-12(7-8)15-10-4-2-3-5-11(10)16-13/h2-7H,1H3,(H,17,18). The highest BCUT2D eigenvalue weighted by atomic mass is 16.4. The summed E-state index contributed by atoms with van der Waals surface area (Å²) in [5.74, 6) is -0.978. The lowest BCUT2D eigenvalue weighted by Crippen LogP contribution is -2.01. The summed E-state index contributed by atoms with van der Waals surface area (Å²) in [6, 6.07) is 10.9. The van der Waals surface area contributed by atoms with Gasteiger partial charge in [0, 0.05) is 0 Å². The zero-order valence-corrected chi connectivity index (χ0v) is 9.71. The van der Waals surface area contributed by atoms with Crippen LogP contribution in [0.4, 0.5) is 0 Å². The van der Waals surface area contributed by atoms with E-state index in [0.29, 0.717) is 16.6 Å². The van der Waals surface area contributed by atoms with Crippen LogP contribution in [0.3, 0.4) is 0 Å². The quantitative estimate of drug-likeness (QED) is 0.662. The maximum Gasteiger partial charge on any atom is 0.337 e. The molecular formula is C14H10N2O2. The van der Waals surface area contributed by atoms with E-state index in [9.17, 15) is 9.90 Å². The molecule has 0 amide bonds. The van der Waals surface area contributed by atoms with Crippen molar-refractivity contribution in [3.8, 4) is 0 Å². The lowest BCUT2D eigenvalue weighted by molar-refractivity contribution is 0.0698. The second-order valence-electron chi connectivity index (χ2n) is 4.20. The molecule has 0 saturated heterocycles. The minimum absolute atomic E-state index is 0.197. The van der Waals surface area contributed by atoms with E-state index >= 15 is 0 Å². The summed E-state index contributed by atoms with van der Waals surface area (Å²) in [6.07, 6.45) is 0. The Morgan fingerprint density at radius 3 is 2.39 bits per heavy atom. The number of hydrogen-bond donors (Lipinski definition) is 1. The highest BCUT2D eigenvalue weighted by Crippen LogP contribution is 2.21. The van der Waals surface area contributed by atoms with Crippen LogP contribution < -0.4 is 0 Å². The van der Waals surface area contributed by atoms with Gasteiger partial charge in [0.2, 0.25) is 0 Å². The summed E-state index contributed by atoms with van der Waals surface area (Å²) in [5.41, 5.74) is 3.59. The van der Waals surface area contributed by atoms with Gasteiger partial charge < -0.3 is 5.11 Å². The molecule has 0 unspecified atom stereocenters. The van der Waals surface area contributed by atoms with Gasteiger partial charge in [-0.2, -0.15) is 0 Å². The molecular weight excluding hydrogens is 228 g/mol. The van der Waals surface area contributed by atoms with Gasteiger partial charge in [-0.25, -0.2) is 14.8 Å². The predicted molar refractivity (Wildman–Crippen MR) is 68.7 cm³/mol. The van der Waals surface area contributed by atoms with Crippen molar-refractivity contribution in [1.82, 2.24) is 9.97 Å². The van der Waals surface area contributed by atoms with Crippen molar-refractivity contribution in [3.63, 3.8) is 0 Å². The van der Waals surface area contributed by atoms with Gasteiger partial charge in [0.05, 0.1) is 22.1 Å². The van der Waals surface area contributed by atoms with Crippen LogP contribution in [0.15, 0.2) is 36.4 Å². The molecule has 0 aliphatic carbocycles. The van der Waals surface area contributed by atoms with Gasteiger partial charge in [-0.15, -0.1) is 0 Å². The zero-order chi connectivity index (χ0) is 12.7. The van der Waals surface area contributed by atoms with Crippen LogP contribution in [-0.4, -0.2) is 21.0 Å². The molecule has 3 rings (SSSR count). The number of nitrogens with zero attached hydrogens (tertiary/aromatic N) is 2. The van der Waals surface area contributed by atoms with Gasteiger partial charge in [0.1, 0.15) is 5.52 Å². The topological polar surface area (TPSA) is 63.1 Å². The number of aryl methyl sites for hydroxylation is 1. The smallest absolute Gasteiger partial charge is 0.337 e. The molecule has 0 saturated carbocycles. The maximum atomic E-state index is 11.2. The number of fused-ring (bicyclic) bond motifs is 2. The van der Waals surface area contributed by atoms with Crippen molar-refractivity contribution in [2.24, 2.45) is 0 Å². The number of aromatic carboxylic acids is 1. The van der Waals surface area contributed by atoms with E-state index in [0.717, 1.165) is 11.1 Å². The monoisotopic (exact) mass is 238 g/mol. The highest BCUT2D eigenvalue weighted by molar-refractivity contribution is 6.02. The molecule has 88 valence electrons. The van der Waals surface area contributed by atoms with Gasteiger partial charge in [-0.3, -0.25) is 0 Å². The van der Waals surface area contributed by atoms with E-state index < -0.39 is 5.97 Å². The Labute approximate surface area is 103 Å². The lowest BCUT2D eigenvalue weighted by atomic mass is 10.1. The third-order valence-electron chi connectivity index (χ3n) is 2.82. The highest BCUT2D eigenvalue weighted by Gasteiger charge is 2.12. The molecule has 1 aromatic heterocycles. The van der Waals surface area contributed by atoms with Gasteiger partial charge in [0.25, 0.3) is 0 Å². The second-order valence-corrected chi connectivity index (χ2v) is 4.20. The second kappa shape index (κ2) is 3.77. The van der Waals surface area contributed by atoms with E-state index in [1.165, 1.54) is 0 Å². The maximum absolute atomic E-state index is 11.2. The van der Waals surface area contributed by atoms with Gasteiger partial charge in [0.15, 0.2) is 0 Å². The Morgan fingerprint density at radius 1 is 1.06 bits per heavy atom. The first-order valence-corrected chi connectivity index (χ1v) is 5.55. The molecule has 0 radical (unpaired) electrons. The Bertz CT molecular complexity index is 781. The number of carboxylic acids is 1. The summed E-state index contributed by atoms with van der Waals surface area (Å²) >= 11 is 0. The average molecular weight is 238 g/mol. The lowest BCUT2D eigenvalue weighted by Gasteiger charge is -2.05. The van der Waals surface area contributed by atoms with E-state index in [4.69, 9.17) is 0 Å². The average Bonchev–Trinajstić information content (AvgIpc) is 2.35. The molecule has 4 heteroatoms. The van der Waals surface area contributed by atoms with Crippen LogP contribution in [0.25, 0.3) is 22.1 Å². The van der Waals surface area contributed by atoms with Gasteiger partial charge in [-0.1, -0.05) is 12.1 Å². The van der Waals surface area contributed by atoms with Crippen LogP contribution in [0.2, 0.25) is 0 Å². The van der Waals surface area contributed by atoms with Crippen molar-refractivity contribution < 1.29 is 9.90 Å². The molecule has 4 nitrogen and oxygen atoms in total. The first kappa shape index (κ1) is 10.7. The molecule has 1 heterocycles. The van der Waals surface area contributed by atoms with E-state index in [1.807, 2.05) is 37.3 Å². The minimum Gasteiger partial charge on any atom is -0.478 e. The summed E-state index contributed by atoms with van der Waals surface area (Å²) in [4.78, 5) is 20.1. The van der Waals surface area contributed by atoms with Gasteiger partial charge >= 0.3 is 5.97 Å². The molecule has 0 aliphatic heterocycles. The molecule has 0 atom stereocenters. The van der Waals surface area contributed by atoms with Crippen molar-refractivity contribution in [2.75, 3.05) is 0 Å². The summed E-state index contributed by atoms with van der Waals surface area (Å²) in [6.45, 7) is 1.85. The predicted octanol–water partition coefficient (Wildman–Crippen LogP) is 2.79. The van der Waals surface area contributed by atoms with Crippen molar-refractivity contribution >= 4 is 28.0 Å². The molecule has 0 spiro atoms. The van der Waals surface area contributed by atoms with Crippen LogP contribution in [-0.2, 0) is 0 Å². The minimum atomic E-state index is -0.978. The van der Waals surface area contributed by atoms with E-state index in [2.05, 4.69) is 9.97 Å². The van der Waals surface area contributed by atoms with E-state index in [1.54, 1.807) is 6.07 Å². The molecule has 0 aliphatic rings. The SMILES string of the molecule is Cc1cc(C(=O)O)c2nc3ccccc3nc2c1. The van der Waals surface area contributed by atoms with E-state index in [-0.39, 0.29) is 5.56 Å². The third-order valence-corrected chi connectivity index (χ3v) is 2.82. The number of hydrogen-bond acceptors (Lipinski definition) is 3.